The Labute approximate surface area is 234 Å². The van der Waals surface area contributed by atoms with E-state index in [2.05, 4.69) is 157 Å². The normalized spacial score (nSPS) is 11.8. The summed E-state index contributed by atoms with van der Waals surface area (Å²) in [5.41, 5.74) is 12.6. The van der Waals surface area contributed by atoms with E-state index >= 15 is 0 Å². The molecule has 0 aliphatic heterocycles. The van der Waals surface area contributed by atoms with Gasteiger partial charge in [0.2, 0.25) is 0 Å². The monoisotopic (exact) mass is 515 g/mol. The lowest BCUT2D eigenvalue weighted by Crippen LogP contribution is -2.13. The average molecular weight is 516 g/mol. The molecule has 0 saturated heterocycles. The number of nitrogens with one attached hydrogen (secondary N) is 1. The molecule has 200 valence electrons. The number of hydrogen-bond acceptors (Lipinski definition) is 3. The first-order valence-electron chi connectivity index (χ1n) is 13.5. The highest BCUT2D eigenvalue weighted by molar-refractivity contribution is 5.94. The summed E-state index contributed by atoms with van der Waals surface area (Å²) in [5.74, 6) is 0. The zero-order valence-electron chi connectivity index (χ0n) is 24.7. The van der Waals surface area contributed by atoms with Crippen LogP contribution in [0.4, 0.5) is 22.7 Å². The lowest BCUT2D eigenvalue weighted by Gasteiger charge is -2.26. The van der Waals surface area contributed by atoms with Crippen molar-refractivity contribution in [1.29, 1.82) is 0 Å². The molecule has 0 spiro atoms. The second-order valence-electron chi connectivity index (χ2n) is 12.4. The highest BCUT2D eigenvalue weighted by atomic mass is 14.9. The average Bonchev–Trinajstić information content (AvgIpc) is 2.87. The standard InChI is InChI=1S/C36H41N3/c1-23-15-11-13-17-27(23)29-19-25(35(3,4)5)21-31(33(29)37-9)39-32-22-26(36(6,7)8)20-30(34(32)38-10)28-18-14-12-16-24(28)2/h11-22,39H,9-10H2,1-8H3. The van der Waals surface area contributed by atoms with Crippen molar-refractivity contribution in [1.82, 2.24) is 0 Å². The predicted molar refractivity (Wildman–Crippen MR) is 172 cm³/mol. The van der Waals surface area contributed by atoms with Crippen LogP contribution in [0.3, 0.4) is 0 Å². The van der Waals surface area contributed by atoms with Crippen molar-refractivity contribution in [2.45, 2.75) is 66.2 Å². The molecule has 0 fully saturated rings. The zero-order valence-corrected chi connectivity index (χ0v) is 24.7. The predicted octanol–water partition coefficient (Wildman–Crippen LogP) is 10.6. The van der Waals surface area contributed by atoms with Crippen molar-refractivity contribution in [2.24, 2.45) is 9.98 Å². The number of benzene rings is 4. The minimum Gasteiger partial charge on any atom is -0.352 e. The molecule has 1 N–H and O–H groups in total. The fourth-order valence-corrected chi connectivity index (χ4v) is 4.97. The van der Waals surface area contributed by atoms with Gasteiger partial charge in [-0.25, -0.2) is 0 Å². The van der Waals surface area contributed by atoms with E-state index in [4.69, 9.17) is 0 Å². The molecule has 3 heteroatoms. The summed E-state index contributed by atoms with van der Waals surface area (Å²) in [6, 6.07) is 25.8. The van der Waals surface area contributed by atoms with Crippen molar-refractivity contribution in [3.05, 3.63) is 95.1 Å². The molecule has 4 aromatic carbocycles. The molecule has 0 amide bonds. The Hall–Kier alpha value is -3.98. The molecule has 4 aromatic rings. The van der Waals surface area contributed by atoms with Crippen LogP contribution in [-0.2, 0) is 10.8 Å². The highest BCUT2D eigenvalue weighted by Crippen LogP contribution is 2.47. The van der Waals surface area contributed by atoms with E-state index in [0.29, 0.717) is 0 Å². The van der Waals surface area contributed by atoms with Gasteiger partial charge in [0.25, 0.3) is 0 Å². The van der Waals surface area contributed by atoms with E-state index in [9.17, 15) is 0 Å². The Kier molecular flexibility index (Phi) is 7.66. The number of anilines is 2. The largest absolute Gasteiger partial charge is 0.352 e. The van der Waals surface area contributed by atoms with E-state index in [-0.39, 0.29) is 10.8 Å². The minimum absolute atomic E-state index is 0.0628. The van der Waals surface area contributed by atoms with Crippen molar-refractivity contribution in [3.8, 4) is 22.3 Å². The lowest BCUT2D eigenvalue weighted by molar-refractivity contribution is 0.590. The Morgan fingerprint density at radius 1 is 0.538 bits per heavy atom. The van der Waals surface area contributed by atoms with E-state index in [1.54, 1.807) is 0 Å². The van der Waals surface area contributed by atoms with Gasteiger partial charge in [-0.3, -0.25) is 9.98 Å². The first-order chi connectivity index (χ1) is 18.3. The molecule has 0 aliphatic carbocycles. The summed E-state index contributed by atoms with van der Waals surface area (Å²) < 4.78 is 0. The topological polar surface area (TPSA) is 36.8 Å². The molecule has 0 aliphatic rings. The van der Waals surface area contributed by atoms with Crippen LogP contribution in [0.5, 0.6) is 0 Å². The van der Waals surface area contributed by atoms with Gasteiger partial charge >= 0.3 is 0 Å². The Bertz CT molecular complexity index is 1430. The molecule has 0 unspecified atom stereocenters. The zero-order chi connectivity index (χ0) is 28.5. The summed E-state index contributed by atoms with van der Waals surface area (Å²) in [6.07, 6.45) is 0. The molecule has 0 atom stereocenters. The number of rotatable bonds is 6. The van der Waals surface area contributed by atoms with Crippen molar-refractivity contribution >= 4 is 36.2 Å². The summed E-state index contributed by atoms with van der Waals surface area (Å²) in [5, 5.41) is 3.76. The maximum Gasteiger partial charge on any atom is 0.0935 e. The summed E-state index contributed by atoms with van der Waals surface area (Å²) >= 11 is 0. The third-order valence-corrected chi connectivity index (χ3v) is 7.41. The van der Waals surface area contributed by atoms with Gasteiger partial charge in [0.15, 0.2) is 0 Å². The van der Waals surface area contributed by atoms with E-state index in [1.165, 1.54) is 22.3 Å². The van der Waals surface area contributed by atoms with Crippen molar-refractivity contribution < 1.29 is 0 Å². The second kappa shape index (κ2) is 10.6. The van der Waals surface area contributed by atoms with Crippen LogP contribution in [0.2, 0.25) is 0 Å². The molecule has 0 bridgehead atoms. The fourth-order valence-electron chi connectivity index (χ4n) is 4.97. The molecule has 3 nitrogen and oxygen atoms in total. The van der Waals surface area contributed by atoms with Crippen LogP contribution in [0.15, 0.2) is 82.8 Å². The van der Waals surface area contributed by atoms with E-state index in [1.807, 2.05) is 0 Å². The molecular formula is C36H41N3. The quantitative estimate of drug-likeness (QED) is 0.255. The van der Waals surface area contributed by atoms with Gasteiger partial charge in [0.05, 0.1) is 22.7 Å². The molecule has 0 heterocycles. The number of nitrogens with zero attached hydrogens (tertiary/aromatic N) is 2. The van der Waals surface area contributed by atoms with Crippen LogP contribution in [-0.4, -0.2) is 13.4 Å². The molecular weight excluding hydrogens is 474 g/mol. The third-order valence-electron chi connectivity index (χ3n) is 7.41. The van der Waals surface area contributed by atoms with E-state index in [0.717, 1.165) is 45.0 Å². The maximum atomic E-state index is 4.57. The summed E-state index contributed by atoms with van der Waals surface area (Å²) in [4.78, 5) is 9.14. The van der Waals surface area contributed by atoms with Crippen LogP contribution >= 0.6 is 0 Å². The van der Waals surface area contributed by atoms with Gasteiger partial charge < -0.3 is 5.32 Å². The number of aryl methyl sites for hydroxylation is 2. The Morgan fingerprint density at radius 3 is 1.21 bits per heavy atom. The lowest BCUT2D eigenvalue weighted by atomic mass is 9.83. The molecule has 0 aromatic heterocycles. The van der Waals surface area contributed by atoms with Gasteiger partial charge in [0, 0.05) is 11.1 Å². The van der Waals surface area contributed by atoms with Crippen molar-refractivity contribution in [2.75, 3.05) is 5.32 Å². The van der Waals surface area contributed by atoms with Gasteiger partial charge in [-0.2, -0.15) is 0 Å². The van der Waals surface area contributed by atoms with Gasteiger partial charge in [-0.05, 0) is 95.8 Å². The van der Waals surface area contributed by atoms with Crippen LogP contribution in [0.25, 0.3) is 22.3 Å². The smallest absolute Gasteiger partial charge is 0.0935 e. The first-order valence-corrected chi connectivity index (χ1v) is 13.5. The summed E-state index contributed by atoms with van der Waals surface area (Å²) in [7, 11) is 0. The third kappa shape index (κ3) is 5.73. The number of hydrogen-bond donors (Lipinski definition) is 1. The molecule has 39 heavy (non-hydrogen) atoms. The Balaban J connectivity index is 2.03. The summed E-state index contributed by atoms with van der Waals surface area (Å²) in [6.45, 7) is 25.7. The second-order valence-corrected chi connectivity index (χ2v) is 12.4. The molecule has 0 radical (unpaired) electrons. The van der Waals surface area contributed by atoms with Crippen LogP contribution < -0.4 is 5.32 Å². The highest BCUT2D eigenvalue weighted by Gasteiger charge is 2.23. The SMILES string of the molecule is C=Nc1c(Nc2cc(C(C)(C)C)cc(-c3ccccc3C)c2N=C)cc(C(C)(C)C)cc1-c1ccccc1C. The molecule has 0 saturated carbocycles. The van der Waals surface area contributed by atoms with Gasteiger partial charge in [-0.1, -0.05) is 90.1 Å². The Morgan fingerprint density at radius 2 is 0.897 bits per heavy atom. The minimum atomic E-state index is -0.0628. The van der Waals surface area contributed by atoms with Crippen LogP contribution in [0.1, 0.15) is 63.8 Å². The van der Waals surface area contributed by atoms with Gasteiger partial charge in [0.1, 0.15) is 0 Å². The van der Waals surface area contributed by atoms with Gasteiger partial charge in [-0.15, -0.1) is 0 Å². The van der Waals surface area contributed by atoms with Crippen molar-refractivity contribution in [3.63, 3.8) is 0 Å². The fraction of sp³-hybridized carbons (Fsp3) is 0.278. The molecule has 4 rings (SSSR count). The van der Waals surface area contributed by atoms with E-state index < -0.39 is 0 Å². The number of aliphatic imine (C=N–C) groups is 2. The maximum absolute atomic E-state index is 4.57. The first kappa shape index (κ1) is 28.0. The van der Waals surface area contributed by atoms with Crippen LogP contribution in [0, 0.1) is 13.8 Å².